The number of nitrogens with zero attached hydrogens (tertiary/aromatic N) is 2. The van der Waals surface area contributed by atoms with E-state index in [1.54, 1.807) is 0 Å². The van der Waals surface area contributed by atoms with Gasteiger partial charge in [-0.3, -0.25) is 14.0 Å². The van der Waals surface area contributed by atoms with Crippen LogP contribution in [0, 0.1) is 5.82 Å². The second-order valence-electron chi connectivity index (χ2n) is 6.16. The number of ether oxygens (including phenoxy) is 1. The van der Waals surface area contributed by atoms with Crippen molar-refractivity contribution >= 4 is 38.3 Å². The highest BCUT2D eigenvalue weighted by atomic mass is 32.1. The molecule has 3 heterocycles. The number of hydrogen-bond donors (Lipinski definition) is 2. The molecule has 3 aromatic rings. The molecular weight excluding hydrogens is 359 g/mol. The van der Waals surface area contributed by atoms with Crippen molar-refractivity contribution in [1.82, 2.24) is 14.3 Å². The van der Waals surface area contributed by atoms with Gasteiger partial charge in [0.05, 0.1) is 18.0 Å². The fourth-order valence-corrected chi connectivity index (χ4v) is 4.56. The minimum atomic E-state index is -0.512. The van der Waals surface area contributed by atoms with Crippen LogP contribution in [0.4, 0.5) is 10.1 Å². The first kappa shape index (κ1) is 17.0. The molecule has 2 aromatic heterocycles. The molecule has 0 aliphatic carbocycles. The Bertz CT molecular complexity index is 1110. The number of anilines is 1. The maximum absolute atomic E-state index is 15.0. The molecule has 9 heteroatoms. The molecule has 0 spiro atoms. The number of aromatic amines is 1. The zero-order valence-electron chi connectivity index (χ0n) is 14.5. The Labute approximate surface area is 152 Å². The van der Waals surface area contributed by atoms with Crippen LogP contribution in [-0.2, 0) is 6.54 Å². The van der Waals surface area contributed by atoms with Gasteiger partial charge in [0.25, 0.3) is 5.56 Å². The van der Waals surface area contributed by atoms with E-state index >= 15 is 4.39 Å². The number of halogens is 1. The van der Waals surface area contributed by atoms with Crippen LogP contribution in [0.2, 0.25) is 0 Å². The molecule has 1 aliphatic heterocycles. The maximum Gasteiger partial charge on any atom is 0.271 e. The number of aromatic nitrogens is 2. The lowest BCUT2D eigenvalue weighted by Gasteiger charge is -2.31. The first-order valence-electron chi connectivity index (χ1n) is 8.48. The standard InChI is InChI=1S/C17H19FN4O3S/c1-3-22-12-9(14(23)11-16(24)20-26-17(11)22)8-10(18)13(15(12)25-2)21-6-4-19-5-7-21/h8,19H,3-7H2,1-2H3,(H,20,24). The Morgan fingerprint density at radius 1 is 1.31 bits per heavy atom. The number of nitrogens with one attached hydrogen (secondary N) is 2. The Balaban J connectivity index is 2.17. The van der Waals surface area contributed by atoms with Gasteiger partial charge in [0.15, 0.2) is 11.6 Å². The van der Waals surface area contributed by atoms with Gasteiger partial charge in [0.2, 0.25) is 5.43 Å². The number of piperazine rings is 1. The van der Waals surface area contributed by atoms with Gasteiger partial charge in [-0.25, -0.2) is 4.39 Å². The van der Waals surface area contributed by atoms with Crippen molar-refractivity contribution in [3.63, 3.8) is 0 Å². The van der Waals surface area contributed by atoms with E-state index in [4.69, 9.17) is 4.74 Å². The molecule has 2 N–H and O–H groups in total. The normalized spacial score (nSPS) is 15.1. The minimum absolute atomic E-state index is 0.0701. The highest BCUT2D eigenvalue weighted by Crippen LogP contribution is 2.39. The van der Waals surface area contributed by atoms with Gasteiger partial charge >= 0.3 is 0 Å². The number of hydrogen-bond acceptors (Lipinski definition) is 6. The van der Waals surface area contributed by atoms with Gasteiger partial charge in [-0.15, -0.1) is 0 Å². The largest absolute Gasteiger partial charge is 0.492 e. The molecule has 7 nitrogen and oxygen atoms in total. The van der Waals surface area contributed by atoms with Crippen molar-refractivity contribution in [1.29, 1.82) is 0 Å². The molecule has 1 aliphatic rings. The zero-order valence-corrected chi connectivity index (χ0v) is 15.3. The van der Waals surface area contributed by atoms with Crippen molar-refractivity contribution in [2.45, 2.75) is 13.5 Å². The lowest BCUT2D eigenvalue weighted by Crippen LogP contribution is -2.44. The Morgan fingerprint density at radius 3 is 2.69 bits per heavy atom. The van der Waals surface area contributed by atoms with Crippen LogP contribution in [0.1, 0.15) is 6.92 Å². The monoisotopic (exact) mass is 378 g/mol. The van der Waals surface area contributed by atoms with Gasteiger partial charge in [-0.1, -0.05) is 0 Å². The van der Waals surface area contributed by atoms with Crippen molar-refractivity contribution in [3.05, 3.63) is 32.5 Å². The SMILES string of the molecule is CCn1c2s[nH]c(=O)c2c(=O)c2cc(F)c(N3CCNCC3)c(OC)c21. The number of aryl methyl sites for hydroxylation is 1. The molecule has 138 valence electrons. The summed E-state index contributed by atoms with van der Waals surface area (Å²) in [4.78, 5) is 27.4. The van der Waals surface area contributed by atoms with Crippen LogP contribution in [0.25, 0.3) is 21.1 Å². The van der Waals surface area contributed by atoms with E-state index in [0.29, 0.717) is 41.4 Å². The summed E-state index contributed by atoms with van der Waals surface area (Å²) >= 11 is 1.11. The van der Waals surface area contributed by atoms with Gasteiger partial charge in [-0.2, -0.15) is 0 Å². The summed E-state index contributed by atoms with van der Waals surface area (Å²) in [5.74, 6) is -0.175. The zero-order chi connectivity index (χ0) is 18.4. The molecule has 4 rings (SSSR count). The quantitative estimate of drug-likeness (QED) is 0.722. The van der Waals surface area contributed by atoms with Crippen LogP contribution >= 0.6 is 11.5 Å². The second kappa shape index (κ2) is 6.40. The van der Waals surface area contributed by atoms with E-state index in [-0.39, 0.29) is 10.8 Å². The third-order valence-corrected chi connectivity index (χ3v) is 5.71. The number of rotatable bonds is 3. The summed E-state index contributed by atoms with van der Waals surface area (Å²) in [7, 11) is 1.48. The maximum atomic E-state index is 15.0. The highest BCUT2D eigenvalue weighted by Gasteiger charge is 2.26. The lowest BCUT2D eigenvalue weighted by atomic mass is 10.1. The molecule has 1 aromatic carbocycles. The van der Waals surface area contributed by atoms with E-state index in [1.807, 2.05) is 16.4 Å². The van der Waals surface area contributed by atoms with E-state index < -0.39 is 16.8 Å². The van der Waals surface area contributed by atoms with Gasteiger partial charge in [-0.05, 0) is 24.5 Å². The Kier molecular flexibility index (Phi) is 4.20. The average molecular weight is 378 g/mol. The smallest absolute Gasteiger partial charge is 0.271 e. The predicted octanol–water partition coefficient (Wildman–Crippen LogP) is 1.48. The van der Waals surface area contributed by atoms with Crippen molar-refractivity contribution < 1.29 is 9.13 Å². The van der Waals surface area contributed by atoms with Crippen molar-refractivity contribution in [3.8, 4) is 5.75 Å². The average Bonchev–Trinajstić information content (AvgIpc) is 3.04. The number of H-pyrrole nitrogens is 1. The molecule has 26 heavy (non-hydrogen) atoms. The third kappa shape index (κ3) is 2.34. The van der Waals surface area contributed by atoms with Crippen LogP contribution in [-0.4, -0.2) is 42.2 Å². The molecule has 1 saturated heterocycles. The number of pyridine rings is 1. The fraction of sp³-hybridized carbons (Fsp3) is 0.412. The van der Waals surface area contributed by atoms with Gasteiger partial charge < -0.3 is 19.5 Å². The minimum Gasteiger partial charge on any atom is -0.492 e. The summed E-state index contributed by atoms with van der Waals surface area (Å²) in [6, 6.07) is 1.24. The van der Waals surface area contributed by atoms with Gasteiger partial charge in [0, 0.05) is 32.7 Å². The van der Waals surface area contributed by atoms with Crippen LogP contribution in [0.3, 0.4) is 0 Å². The van der Waals surface area contributed by atoms with E-state index in [2.05, 4.69) is 9.69 Å². The number of benzene rings is 1. The molecule has 0 radical (unpaired) electrons. The molecule has 1 fully saturated rings. The molecule has 0 unspecified atom stereocenters. The molecule has 0 atom stereocenters. The summed E-state index contributed by atoms with van der Waals surface area (Å²) in [5, 5.41) is 3.47. The first-order chi connectivity index (χ1) is 12.6. The van der Waals surface area contributed by atoms with Crippen LogP contribution in [0.5, 0.6) is 5.75 Å². The number of methoxy groups -OCH3 is 1. The fourth-order valence-electron chi connectivity index (χ4n) is 3.65. The molecule has 0 bridgehead atoms. The van der Waals surface area contributed by atoms with E-state index in [1.165, 1.54) is 13.2 Å². The lowest BCUT2D eigenvalue weighted by molar-refractivity contribution is 0.412. The van der Waals surface area contributed by atoms with Crippen molar-refractivity contribution in [2.24, 2.45) is 0 Å². The van der Waals surface area contributed by atoms with Crippen molar-refractivity contribution in [2.75, 3.05) is 38.2 Å². The Morgan fingerprint density at radius 2 is 2.04 bits per heavy atom. The Hall–Kier alpha value is -2.39. The topological polar surface area (TPSA) is 79.4 Å². The summed E-state index contributed by atoms with van der Waals surface area (Å²) in [5.41, 5.74) is -0.0149. The summed E-state index contributed by atoms with van der Waals surface area (Å²) < 4.78 is 25.1. The summed E-state index contributed by atoms with van der Waals surface area (Å²) in [6.45, 7) is 5.23. The first-order valence-corrected chi connectivity index (χ1v) is 9.30. The van der Waals surface area contributed by atoms with Gasteiger partial charge in [0.1, 0.15) is 15.9 Å². The highest BCUT2D eigenvalue weighted by molar-refractivity contribution is 7.12. The van der Waals surface area contributed by atoms with E-state index in [9.17, 15) is 9.59 Å². The second-order valence-corrected chi connectivity index (χ2v) is 6.96. The van der Waals surface area contributed by atoms with E-state index in [0.717, 1.165) is 24.6 Å². The molecule has 0 amide bonds. The van der Waals surface area contributed by atoms with Crippen LogP contribution in [0.15, 0.2) is 15.7 Å². The predicted molar refractivity (Wildman–Crippen MR) is 101 cm³/mol. The van der Waals surface area contributed by atoms with Crippen LogP contribution < -0.4 is 25.9 Å². The number of fused-ring (bicyclic) bond motifs is 2. The summed E-state index contributed by atoms with van der Waals surface area (Å²) in [6.07, 6.45) is 0. The molecular formula is C17H19FN4O3S. The third-order valence-electron chi connectivity index (χ3n) is 4.80. The molecule has 0 saturated carbocycles.